The lowest BCUT2D eigenvalue weighted by molar-refractivity contribution is -0.126. The highest BCUT2D eigenvalue weighted by molar-refractivity contribution is 6.76. The molecular weight excluding hydrogens is 248 g/mol. The number of carbonyl (C=O) groups is 2. The Morgan fingerprint density at radius 1 is 1.11 bits per heavy atom. The third-order valence-electron chi connectivity index (χ3n) is 3.23. The quantitative estimate of drug-likeness (QED) is 0.454. The SMILES string of the molecule is CCCC[Si](OC)(OC)C(C(C)=O)C(=O)CCC. The molecule has 0 aromatic heterocycles. The molecule has 106 valence electrons. The molecule has 0 radical (unpaired) electrons. The van der Waals surface area contributed by atoms with E-state index >= 15 is 0 Å². The van der Waals surface area contributed by atoms with Crippen LogP contribution in [0.15, 0.2) is 0 Å². The molecule has 0 spiro atoms. The minimum absolute atomic E-state index is 0.0310. The first kappa shape index (κ1) is 17.5. The van der Waals surface area contributed by atoms with E-state index in [0.717, 1.165) is 19.3 Å². The average Bonchev–Trinajstić information content (AvgIpc) is 2.34. The lowest BCUT2D eigenvalue weighted by Crippen LogP contribution is -2.50. The lowest BCUT2D eigenvalue weighted by atomic mass is 10.1. The van der Waals surface area contributed by atoms with E-state index in [1.165, 1.54) is 6.92 Å². The van der Waals surface area contributed by atoms with Crippen LogP contribution in [0.3, 0.4) is 0 Å². The molecule has 0 aliphatic heterocycles. The molecule has 0 aliphatic rings. The van der Waals surface area contributed by atoms with Crippen LogP contribution >= 0.6 is 0 Å². The molecular formula is C13H26O4Si. The number of hydrogen-bond acceptors (Lipinski definition) is 4. The van der Waals surface area contributed by atoms with Crippen LogP contribution in [0.5, 0.6) is 0 Å². The molecule has 1 unspecified atom stereocenters. The molecule has 0 fully saturated rings. The minimum Gasteiger partial charge on any atom is -0.397 e. The zero-order valence-electron chi connectivity index (χ0n) is 12.2. The second kappa shape index (κ2) is 8.56. The van der Waals surface area contributed by atoms with Crippen LogP contribution in [-0.2, 0) is 18.4 Å². The Morgan fingerprint density at radius 3 is 2.00 bits per heavy atom. The standard InChI is InChI=1S/C13H26O4Si/c1-6-8-10-18(16-4,17-5)13(11(3)14)12(15)9-7-2/h13H,6-10H2,1-5H3. The second-order valence-electron chi connectivity index (χ2n) is 4.58. The molecule has 0 rings (SSSR count). The van der Waals surface area contributed by atoms with Crippen molar-refractivity contribution in [3.63, 3.8) is 0 Å². The van der Waals surface area contributed by atoms with E-state index in [2.05, 4.69) is 6.92 Å². The summed E-state index contributed by atoms with van der Waals surface area (Å²) in [5, 5.41) is 0. The van der Waals surface area contributed by atoms with Gasteiger partial charge in [-0.2, -0.15) is 0 Å². The van der Waals surface area contributed by atoms with Crippen molar-refractivity contribution in [3.05, 3.63) is 0 Å². The molecule has 0 N–H and O–H groups in total. The largest absolute Gasteiger partial charge is 0.397 e. The van der Waals surface area contributed by atoms with E-state index in [4.69, 9.17) is 8.85 Å². The summed E-state index contributed by atoms with van der Waals surface area (Å²) in [6.07, 6.45) is 3.07. The molecule has 0 saturated carbocycles. The van der Waals surface area contributed by atoms with E-state index < -0.39 is 14.1 Å². The summed E-state index contributed by atoms with van der Waals surface area (Å²) in [4.78, 5) is 24.0. The molecule has 0 aromatic rings. The van der Waals surface area contributed by atoms with Crippen LogP contribution in [0.1, 0.15) is 46.5 Å². The third kappa shape index (κ3) is 4.30. The Kier molecular flexibility index (Phi) is 8.31. The molecule has 0 heterocycles. The smallest absolute Gasteiger partial charge is 0.356 e. The van der Waals surface area contributed by atoms with Gasteiger partial charge in [0.1, 0.15) is 17.1 Å². The fraction of sp³-hybridized carbons (Fsp3) is 0.846. The maximum atomic E-state index is 12.2. The van der Waals surface area contributed by atoms with Crippen molar-refractivity contribution in [2.45, 2.75) is 58.0 Å². The number of Topliss-reactive ketones (excluding diaryl/α,β-unsaturated/α-hetero) is 2. The molecule has 18 heavy (non-hydrogen) atoms. The van der Waals surface area contributed by atoms with Crippen LogP contribution in [0, 0.1) is 0 Å². The van der Waals surface area contributed by atoms with Gasteiger partial charge in [0.2, 0.25) is 0 Å². The van der Waals surface area contributed by atoms with Crippen molar-refractivity contribution in [2.24, 2.45) is 0 Å². The fourth-order valence-electron chi connectivity index (χ4n) is 2.26. The molecule has 0 aromatic carbocycles. The van der Waals surface area contributed by atoms with Gasteiger partial charge in [-0.05, 0) is 19.4 Å². The Morgan fingerprint density at radius 2 is 1.67 bits per heavy atom. The van der Waals surface area contributed by atoms with Gasteiger partial charge in [0.05, 0.1) is 0 Å². The summed E-state index contributed by atoms with van der Waals surface area (Å²) in [7, 11) is 0.356. The molecule has 4 nitrogen and oxygen atoms in total. The van der Waals surface area contributed by atoms with Gasteiger partial charge in [0, 0.05) is 20.6 Å². The highest BCUT2D eigenvalue weighted by Crippen LogP contribution is 2.32. The maximum Gasteiger partial charge on any atom is 0.356 e. The first-order valence-electron chi connectivity index (χ1n) is 6.62. The van der Waals surface area contributed by atoms with Crippen molar-refractivity contribution in [2.75, 3.05) is 14.2 Å². The van der Waals surface area contributed by atoms with Crippen molar-refractivity contribution >= 4 is 20.1 Å². The molecule has 1 atom stereocenters. The zero-order chi connectivity index (χ0) is 14.2. The summed E-state index contributed by atoms with van der Waals surface area (Å²) >= 11 is 0. The van der Waals surface area contributed by atoms with Crippen LogP contribution < -0.4 is 0 Å². The Hall–Kier alpha value is -0.523. The summed E-state index contributed by atoms with van der Waals surface area (Å²) in [5.74, 6) is -0.156. The van der Waals surface area contributed by atoms with Crippen LogP contribution in [0.2, 0.25) is 11.6 Å². The van der Waals surface area contributed by atoms with Crippen LogP contribution in [0.4, 0.5) is 0 Å². The molecule has 0 aliphatic carbocycles. The first-order valence-corrected chi connectivity index (χ1v) is 8.72. The number of carbonyl (C=O) groups excluding carboxylic acids is 2. The van der Waals surface area contributed by atoms with Gasteiger partial charge in [-0.15, -0.1) is 0 Å². The molecule has 0 saturated heterocycles. The number of ketones is 2. The van der Waals surface area contributed by atoms with E-state index in [1.54, 1.807) is 14.2 Å². The van der Waals surface area contributed by atoms with Crippen molar-refractivity contribution < 1.29 is 18.4 Å². The highest BCUT2D eigenvalue weighted by atomic mass is 28.4. The topological polar surface area (TPSA) is 52.6 Å². The van der Waals surface area contributed by atoms with Gasteiger partial charge in [-0.25, -0.2) is 0 Å². The summed E-state index contributed by atoms with van der Waals surface area (Å²) in [6.45, 7) is 5.47. The van der Waals surface area contributed by atoms with Crippen LogP contribution in [-0.4, -0.2) is 34.3 Å². The van der Waals surface area contributed by atoms with E-state index in [-0.39, 0.29) is 11.6 Å². The van der Waals surface area contributed by atoms with Gasteiger partial charge in [0.25, 0.3) is 0 Å². The summed E-state index contributed by atoms with van der Waals surface area (Å²) < 4.78 is 11.1. The third-order valence-corrected chi connectivity index (χ3v) is 7.28. The van der Waals surface area contributed by atoms with Crippen molar-refractivity contribution in [1.29, 1.82) is 0 Å². The number of hydrogen-bond donors (Lipinski definition) is 0. The van der Waals surface area contributed by atoms with Gasteiger partial charge in [-0.3, -0.25) is 9.59 Å². The molecule has 0 bridgehead atoms. The Labute approximate surface area is 111 Å². The first-order chi connectivity index (χ1) is 8.48. The van der Waals surface area contributed by atoms with E-state index in [1.807, 2.05) is 6.92 Å². The molecule has 0 amide bonds. The predicted molar refractivity (Wildman–Crippen MR) is 73.8 cm³/mol. The van der Waals surface area contributed by atoms with Gasteiger partial charge < -0.3 is 8.85 Å². The average molecular weight is 274 g/mol. The van der Waals surface area contributed by atoms with E-state index in [0.29, 0.717) is 12.5 Å². The zero-order valence-corrected chi connectivity index (χ0v) is 13.2. The van der Waals surface area contributed by atoms with Gasteiger partial charge >= 0.3 is 8.56 Å². The molecule has 5 heteroatoms. The monoisotopic (exact) mass is 274 g/mol. The Bertz CT molecular complexity index is 274. The summed E-state index contributed by atoms with van der Waals surface area (Å²) in [5.41, 5.74) is -0.681. The van der Waals surface area contributed by atoms with Gasteiger partial charge in [-0.1, -0.05) is 26.7 Å². The normalized spacial score (nSPS) is 13.4. The predicted octanol–water partition coefficient (Wildman–Crippen LogP) is 2.85. The Balaban J connectivity index is 5.21. The maximum absolute atomic E-state index is 12.2. The second-order valence-corrected chi connectivity index (χ2v) is 8.10. The van der Waals surface area contributed by atoms with Crippen molar-refractivity contribution in [1.82, 2.24) is 0 Å². The highest BCUT2D eigenvalue weighted by Gasteiger charge is 2.50. The van der Waals surface area contributed by atoms with E-state index in [9.17, 15) is 9.59 Å². The van der Waals surface area contributed by atoms with Crippen molar-refractivity contribution in [3.8, 4) is 0 Å². The van der Waals surface area contributed by atoms with Gasteiger partial charge in [0.15, 0.2) is 0 Å². The minimum atomic E-state index is -2.76. The van der Waals surface area contributed by atoms with Crippen LogP contribution in [0.25, 0.3) is 0 Å². The number of unbranched alkanes of at least 4 members (excludes halogenated alkanes) is 1. The lowest BCUT2D eigenvalue weighted by Gasteiger charge is -2.32. The summed E-state index contributed by atoms with van der Waals surface area (Å²) in [6, 6.07) is 0.691. The fourth-order valence-corrected chi connectivity index (χ4v) is 5.70. The number of rotatable bonds is 10.